The molecule has 0 unspecified atom stereocenters. The Morgan fingerprint density at radius 3 is 3.06 bits per heavy atom. The van der Waals surface area contributed by atoms with Crippen molar-refractivity contribution in [3.8, 4) is 5.75 Å². The fraction of sp³-hybridized carbons (Fsp3) is 0.417. The third-order valence-corrected chi connectivity index (χ3v) is 2.86. The van der Waals surface area contributed by atoms with Gasteiger partial charge in [0.25, 0.3) is 6.02 Å². The van der Waals surface area contributed by atoms with Gasteiger partial charge < -0.3 is 15.2 Å². The summed E-state index contributed by atoms with van der Waals surface area (Å²) in [7, 11) is 0. The maximum absolute atomic E-state index is 12.8. The largest absolute Gasteiger partial charge is 0.492 e. The molecular weight excluding hydrogens is 259 g/mol. The lowest BCUT2D eigenvalue weighted by molar-refractivity contribution is 0.278. The lowest BCUT2D eigenvalue weighted by Crippen LogP contribution is -2.10. The Hall–Kier alpha value is -1.49. The number of rotatable bonds is 5. The van der Waals surface area contributed by atoms with Gasteiger partial charge >= 0.3 is 0 Å². The average molecular weight is 273 g/mol. The molecule has 1 heterocycles. The first-order valence-electron chi connectivity index (χ1n) is 5.69. The molecule has 98 valence electrons. The van der Waals surface area contributed by atoms with Gasteiger partial charge in [-0.2, -0.15) is 0 Å². The summed E-state index contributed by atoms with van der Waals surface area (Å²) in [5, 5.41) is 0.279. The van der Waals surface area contributed by atoms with E-state index in [-0.39, 0.29) is 22.9 Å². The average Bonchev–Trinajstić information content (AvgIpc) is 2.73. The summed E-state index contributed by atoms with van der Waals surface area (Å²) < 4.78 is 23.3. The van der Waals surface area contributed by atoms with Crippen LogP contribution in [0.5, 0.6) is 5.75 Å². The number of nitrogens with zero attached hydrogens (tertiary/aromatic N) is 1. The third kappa shape index (κ3) is 3.50. The first-order chi connectivity index (χ1) is 8.65. The predicted octanol–water partition coefficient (Wildman–Crippen LogP) is 2.35. The number of amidine groups is 1. The molecule has 0 saturated heterocycles. The van der Waals surface area contributed by atoms with Crippen LogP contribution in [-0.2, 0) is 4.74 Å². The summed E-state index contributed by atoms with van der Waals surface area (Å²) >= 11 is 5.83. The Balaban J connectivity index is 1.72. The van der Waals surface area contributed by atoms with Gasteiger partial charge in [-0.15, -0.1) is 0 Å². The van der Waals surface area contributed by atoms with Crippen LogP contribution < -0.4 is 10.5 Å². The number of halogens is 2. The molecule has 2 rings (SSSR count). The highest BCUT2D eigenvalue weighted by atomic mass is 35.5. The minimum atomic E-state index is -0.375. The normalized spacial score (nSPS) is 18.3. The highest BCUT2D eigenvalue weighted by molar-refractivity contribution is 6.32. The maximum Gasteiger partial charge on any atom is 0.282 e. The minimum Gasteiger partial charge on any atom is -0.492 e. The SMILES string of the molecule is NC1=N[C@@H](CCCOc2ccc(F)cc2Cl)CO1. The minimum absolute atomic E-state index is 0.109. The first kappa shape index (κ1) is 13.0. The van der Waals surface area contributed by atoms with Gasteiger partial charge in [0.1, 0.15) is 18.2 Å². The van der Waals surface area contributed by atoms with Crippen molar-refractivity contribution < 1.29 is 13.9 Å². The van der Waals surface area contributed by atoms with Crippen LogP contribution in [0.1, 0.15) is 12.8 Å². The van der Waals surface area contributed by atoms with E-state index < -0.39 is 0 Å². The molecule has 0 bridgehead atoms. The van der Waals surface area contributed by atoms with Gasteiger partial charge in [-0.25, -0.2) is 9.38 Å². The van der Waals surface area contributed by atoms with Crippen molar-refractivity contribution in [2.45, 2.75) is 18.9 Å². The molecule has 0 aliphatic carbocycles. The standard InChI is InChI=1S/C12H14ClFN2O2/c13-10-6-8(14)3-4-11(10)17-5-1-2-9-7-18-12(15)16-9/h3-4,6,9H,1-2,5,7H2,(H2,15,16)/t9-/m0/s1. The van der Waals surface area contributed by atoms with E-state index >= 15 is 0 Å². The molecule has 0 amide bonds. The lowest BCUT2D eigenvalue weighted by atomic mass is 10.2. The topological polar surface area (TPSA) is 56.8 Å². The second-order valence-corrected chi connectivity index (χ2v) is 4.40. The van der Waals surface area contributed by atoms with Crippen molar-refractivity contribution in [2.75, 3.05) is 13.2 Å². The number of ether oxygens (including phenoxy) is 2. The monoisotopic (exact) mass is 272 g/mol. The van der Waals surface area contributed by atoms with E-state index in [2.05, 4.69) is 4.99 Å². The van der Waals surface area contributed by atoms with Crippen LogP contribution in [0.25, 0.3) is 0 Å². The second kappa shape index (κ2) is 5.91. The third-order valence-electron chi connectivity index (χ3n) is 2.57. The number of hydrogen-bond donors (Lipinski definition) is 1. The highest BCUT2D eigenvalue weighted by Gasteiger charge is 2.15. The molecule has 18 heavy (non-hydrogen) atoms. The molecule has 1 aromatic rings. The van der Waals surface area contributed by atoms with Crippen molar-refractivity contribution >= 4 is 17.6 Å². The fourth-order valence-electron chi connectivity index (χ4n) is 1.68. The zero-order valence-electron chi connectivity index (χ0n) is 9.73. The van der Waals surface area contributed by atoms with Crippen LogP contribution >= 0.6 is 11.6 Å². The zero-order chi connectivity index (χ0) is 13.0. The van der Waals surface area contributed by atoms with Crippen LogP contribution in [0.4, 0.5) is 4.39 Å². The fourth-order valence-corrected chi connectivity index (χ4v) is 1.90. The van der Waals surface area contributed by atoms with Crippen molar-refractivity contribution in [1.82, 2.24) is 0 Å². The molecule has 1 aromatic carbocycles. The van der Waals surface area contributed by atoms with Crippen molar-refractivity contribution in [1.29, 1.82) is 0 Å². The number of hydrogen-bond acceptors (Lipinski definition) is 4. The van der Waals surface area contributed by atoms with Gasteiger partial charge in [-0.3, -0.25) is 0 Å². The zero-order valence-corrected chi connectivity index (χ0v) is 10.5. The van der Waals surface area contributed by atoms with Crippen LogP contribution in [-0.4, -0.2) is 25.3 Å². The quantitative estimate of drug-likeness (QED) is 0.837. The van der Waals surface area contributed by atoms with Crippen LogP contribution in [0.15, 0.2) is 23.2 Å². The number of nitrogens with two attached hydrogens (primary N) is 1. The van der Waals surface area contributed by atoms with Crippen molar-refractivity contribution in [3.63, 3.8) is 0 Å². The molecule has 1 atom stereocenters. The molecule has 1 aliphatic heterocycles. The van der Waals surface area contributed by atoms with E-state index in [1.807, 2.05) is 0 Å². The summed E-state index contributed by atoms with van der Waals surface area (Å²) in [6.07, 6.45) is 1.64. The van der Waals surface area contributed by atoms with Gasteiger partial charge in [-0.1, -0.05) is 11.6 Å². The van der Waals surface area contributed by atoms with E-state index in [0.717, 1.165) is 12.8 Å². The molecule has 0 aromatic heterocycles. The Kier molecular flexibility index (Phi) is 4.25. The molecule has 0 fully saturated rings. The summed E-state index contributed by atoms with van der Waals surface area (Å²) in [5.41, 5.74) is 5.40. The highest BCUT2D eigenvalue weighted by Crippen LogP contribution is 2.25. The molecular formula is C12H14ClFN2O2. The maximum atomic E-state index is 12.8. The summed E-state index contributed by atoms with van der Waals surface area (Å²) in [5.74, 6) is 0.115. The van der Waals surface area contributed by atoms with E-state index in [0.29, 0.717) is 19.0 Å². The second-order valence-electron chi connectivity index (χ2n) is 4.00. The van der Waals surface area contributed by atoms with E-state index in [4.69, 9.17) is 26.8 Å². The Bertz CT molecular complexity index is 454. The molecule has 6 heteroatoms. The number of aliphatic imine (C=N–C) groups is 1. The first-order valence-corrected chi connectivity index (χ1v) is 6.07. The van der Waals surface area contributed by atoms with Gasteiger partial charge in [0, 0.05) is 0 Å². The van der Waals surface area contributed by atoms with Crippen molar-refractivity contribution in [3.05, 3.63) is 29.0 Å². The number of benzene rings is 1. The smallest absolute Gasteiger partial charge is 0.282 e. The van der Waals surface area contributed by atoms with Crippen LogP contribution in [0.3, 0.4) is 0 Å². The lowest BCUT2D eigenvalue weighted by Gasteiger charge is -2.09. The summed E-state index contributed by atoms with van der Waals surface area (Å²) in [6, 6.07) is 4.43. The van der Waals surface area contributed by atoms with Gasteiger partial charge in [0.2, 0.25) is 0 Å². The van der Waals surface area contributed by atoms with Gasteiger partial charge in [-0.05, 0) is 31.0 Å². The van der Waals surface area contributed by atoms with Crippen LogP contribution in [0.2, 0.25) is 5.02 Å². The Labute approximate surface area is 110 Å². The van der Waals surface area contributed by atoms with Crippen LogP contribution in [0, 0.1) is 5.82 Å². The van der Waals surface area contributed by atoms with E-state index in [1.165, 1.54) is 18.2 Å². The molecule has 4 nitrogen and oxygen atoms in total. The summed E-state index contributed by atoms with van der Waals surface area (Å²) in [4.78, 5) is 4.10. The van der Waals surface area contributed by atoms with Gasteiger partial charge in [0.15, 0.2) is 0 Å². The summed E-state index contributed by atoms with van der Waals surface area (Å²) in [6.45, 7) is 1.03. The van der Waals surface area contributed by atoms with Crippen molar-refractivity contribution in [2.24, 2.45) is 10.7 Å². The Morgan fingerprint density at radius 1 is 1.56 bits per heavy atom. The molecule has 1 aliphatic rings. The Morgan fingerprint density at radius 2 is 2.39 bits per heavy atom. The molecule has 0 saturated carbocycles. The molecule has 0 radical (unpaired) electrons. The van der Waals surface area contributed by atoms with E-state index in [9.17, 15) is 4.39 Å². The van der Waals surface area contributed by atoms with E-state index in [1.54, 1.807) is 0 Å². The molecule has 0 spiro atoms. The molecule has 2 N–H and O–H groups in total. The van der Waals surface area contributed by atoms with Gasteiger partial charge in [0.05, 0.1) is 17.7 Å². The predicted molar refractivity (Wildman–Crippen MR) is 67.5 cm³/mol.